The van der Waals surface area contributed by atoms with Gasteiger partial charge in [-0.1, -0.05) is 85.8 Å². The molecule has 32 heavy (non-hydrogen) atoms. The van der Waals surface area contributed by atoms with Crippen LogP contribution in [0.1, 0.15) is 36.6 Å². The minimum absolute atomic E-state index is 0.0616. The Hall–Kier alpha value is -3.11. The van der Waals surface area contributed by atoms with Crippen LogP contribution >= 0.6 is 0 Å². The van der Waals surface area contributed by atoms with E-state index in [-0.39, 0.29) is 11.9 Å². The van der Waals surface area contributed by atoms with Crippen molar-refractivity contribution in [3.05, 3.63) is 102 Å². The summed E-state index contributed by atoms with van der Waals surface area (Å²) in [4.78, 5) is 17.5. The molecule has 0 aliphatic carbocycles. The fourth-order valence-electron chi connectivity index (χ4n) is 4.49. The zero-order valence-corrected chi connectivity index (χ0v) is 19.0. The Bertz CT molecular complexity index is 959. The summed E-state index contributed by atoms with van der Waals surface area (Å²) in [6.45, 7) is 7.04. The second kappa shape index (κ2) is 10.5. The van der Waals surface area contributed by atoms with Crippen molar-refractivity contribution >= 4 is 5.91 Å². The number of ether oxygens (including phenoxy) is 1. The third-order valence-electron chi connectivity index (χ3n) is 6.23. The summed E-state index contributed by atoms with van der Waals surface area (Å²) < 4.78 is 6.06. The number of hydrogen-bond donors (Lipinski definition) is 0. The first-order valence-electron chi connectivity index (χ1n) is 11.5. The summed E-state index contributed by atoms with van der Waals surface area (Å²) >= 11 is 0. The lowest BCUT2D eigenvalue weighted by Crippen LogP contribution is -2.52. The van der Waals surface area contributed by atoms with Gasteiger partial charge in [0.15, 0.2) is 6.10 Å². The zero-order valence-electron chi connectivity index (χ0n) is 19.0. The molecule has 1 aliphatic heterocycles. The fraction of sp³-hybridized carbons (Fsp3) is 0.321. The average molecular weight is 429 g/mol. The van der Waals surface area contributed by atoms with E-state index >= 15 is 0 Å². The van der Waals surface area contributed by atoms with Crippen molar-refractivity contribution in [2.24, 2.45) is 0 Å². The highest BCUT2D eigenvalue weighted by Crippen LogP contribution is 2.29. The summed E-state index contributed by atoms with van der Waals surface area (Å²) in [5, 5.41) is 0. The Morgan fingerprint density at radius 3 is 1.91 bits per heavy atom. The van der Waals surface area contributed by atoms with Crippen LogP contribution in [0.25, 0.3) is 0 Å². The largest absolute Gasteiger partial charge is 0.481 e. The standard InChI is InChI=1S/C28H32N2O2/c1-3-23-12-10-11-17-26(23)32-22(2)28(31)30-20-18-29(19-21-30)27(24-13-6-4-7-14-24)25-15-8-5-9-16-25/h4-17,22,27H,3,18-21H2,1-2H3. The topological polar surface area (TPSA) is 32.8 Å². The number of rotatable bonds is 7. The quantitative estimate of drug-likeness (QED) is 0.534. The molecule has 3 aromatic carbocycles. The number of carbonyl (C=O) groups excluding carboxylic acids is 1. The number of carbonyl (C=O) groups is 1. The average Bonchev–Trinajstić information content (AvgIpc) is 2.86. The van der Waals surface area contributed by atoms with Gasteiger partial charge in [-0.15, -0.1) is 0 Å². The molecule has 4 heteroatoms. The van der Waals surface area contributed by atoms with Crippen molar-refractivity contribution < 1.29 is 9.53 Å². The summed E-state index contributed by atoms with van der Waals surface area (Å²) in [7, 11) is 0. The molecule has 3 aromatic rings. The zero-order chi connectivity index (χ0) is 22.3. The summed E-state index contributed by atoms with van der Waals surface area (Å²) in [6.07, 6.45) is 0.393. The Morgan fingerprint density at radius 2 is 1.34 bits per heavy atom. The number of nitrogens with zero attached hydrogens (tertiary/aromatic N) is 2. The predicted octanol–water partition coefficient (Wildman–Crippen LogP) is 4.95. The van der Waals surface area contributed by atoms with Gasteiger partial charge in [-0.25, -0.2) is 0 Å². The Labute approximate surface area is 191 Å². The van der Waals surface area contributed by atoms with E-state index in [1.165, 1.54) is 11.1 Å². The molecule has 1 fully saturated rings. The number of amides is 1. The lowest BCUT2D eigenvalue weighted by Gasteiger charge is -2.40. The minimum Gasteiger partial charge on any atom is -0.481 e. The first-order valence-corrected chi connectivity index (χ1v) is 11.5. The molecule has 0 radical (unpaired) electrons. The van der Waals surface area contributed by atoms with Crippen LogP contribution < -0.4 is 4.74 Å². The lowest BCUT2D eigenvalue weighted by molar-refractivity contribution is -0.140. The normalized spacial score (nSPS) is 15.5. The molecule has 0 spiro atoms. The number of hydrogen-bond acceptors (Lipinski definition) is 3. The van der Waals surface area contributed by atoms with E-state index in [2.05, 4.69) is 78.6 Å². The molecule has 1 amide bonds. The van der Waals surface area contributed by atoms with E-state index in [4.69, 9.17) is 4.74 Å². The second-order valence-electron chi connectivity index (χ2n) is 8.31. The van der Waals surface area contributed by atoms with Gasteiger partial charge < -0.3 is 9.64 Å². The van der Waals surface area contributed by atoms with Gasteiger partial charge in [0.25, 0.3) is 5.91 Å². The minimum atomic E-state index is -0.492. The van der Waals surface area contributed by atoms with E-state index < -0.39 is 6.10 Å². The first kappa shape index (κ1) is 22.1. The Morgan fingerprint density at radius 1 is 0.812 bits per heavy atom. The molecule has 0 N–H and O–H groups in total. The van der Waals surface area contributed by atoms with Crippen molar-refractivity contribution in [3.63, 3.8) is 0 Å². The third-order valence-corrected chi connectivity index (χ3v) is 6.23. The van der Waals surface area contributed by atoms with Gasteiger partial charge >= 0.3 is 0 Å². The van der Waals surface area contributed by atoms with Gasteiger partial charge in [0.2, 0.25) is 0 Å². The third kappa shape index (κ3) is 5.03. The molecule has 0 saturated carbocycles. The molecule has 166 valence electrons. The van der Waals surface area contributed by atoms with Crippen LogP contribution in [0.5, 0.6) is 5.75 Å². The molecular formula is C28H32N2O2. The lowest BCUT2D eigenvalue weighted by atomic mass is 9.96. The van der Waals surface area contributed by atoms with E-state index in [0.29, 0.717) is 13.1 Å². The second-order valence-corrected chi connectivity index (χ2v) is 8.31. The summed E-state index contributed by atoms with van der Waals surface area (Å²) in [5.41, 5.74) is 3.70. The number of aryl methyl sites for hydroxylation is 1. The molecule has 1 saturated heterocycles. The Kier molecular flexibility index (Phi) is 7.23. The van der Waals surface area contributed by atoms with Crippen LogP contribution in [-0.4, -0.2) is 48.0 Å². The van der Waals surface area contributed by atoms with Crippen LogP contribution in [0.15, 0.2) is 84.9 Å². The van der Waals surface area contributed by atoms with Crippen molar-refractivity contribution in [2.45, 2.75) is 32.4 Å². The van der Waals surface area contributed by atoms with Crippen molar-refractivity contribution in [1.29, 1.82) is 0 Å². The fourth-order valence-corrected chi connectivity index (χ4v) is 4.49. The van der Waals surface area contributed by atoms with E-state index in [0.717, 1.165) is 30.8 Å². The van der Waals surface area contributed by atoms with E-state index in [1.807, 2.05) is 30.0 Å². The van der Waals surface area contributed by atoms with Crippen LogP contribution in [0.4, 0.5) is 0 Å². The summed E-state index contributed by atoms with van der Waals surface area (Å²) in [6, 6.07) is 29.4. The molecule has 0 aromatic heterocycles. The van der Waals surface area contributed by atoms with Crippen molar-refractivity contribution in [1.82, 2.24) is 9.80 Å². The van der Waals surface area contributed by atoms with Gasteiger partial charge in [-0.2, -0.15) is 0 Å². The molecule has 1 aliphatic rings. The van der Waals surface area contributed by atoms with Crippen LogP contribution in [0, 0.1) is 0 Å². The number of benzene rings is 3. The van der Waals surface area contributed by atoms with Gasteiger partial charge in [-0.3, -0.25) is 9.69 Å². The Balaban J connectivity index is 1.42. The highest BCUT2D eigenvalue weighted by Gasteiger charge is 2.30. The molecule has 1 heterocycles. The molecule has 0 bridgehead atoms. The highest BCUT2D eigenvalue weighted by atomic mass is 16.5. The van der Waals surface area contributed by atoms with Crippen LogP contribution in [0.3, 0.4) is 0 Å². The monoisotopic (exact) mass is 428 g/mol. The highest BCUT2D eigenvalue weighted by molar-refractivity contribution is 5.81. The maximum Gasteiger partial charge on any atom is 0.263 e. The maximum absolute atomic E-state index is 13.1. The van der Waals surface area contributed by atoms with E-state index in [9.17, 15) is 4.79 Å². The summed E-state index contributed by atoms with van der Waals surface area (Å²) in [5.74, 6) is 0.870. The van der Waals surface area contributed by atoms with Gasteiger partial charge in [0, 0.05) is 26.2 Å². The van der Waals surface area contributed by atoms with Crippen molar-refractivity contribution in [2.75, 3.05) is 26.2 Å². The smallest absolute Gasteiger partial charge is 0.263 e. The van der Waals surface area contributed by atoms with Gasteiger partial charge in [-0.05, 0) is 36.1 Å². The molecule has 1 unspecified atom stereocenters. The van der Waals surface area contributed by atoms with Crippen LogP contribution in [-0.2, 0) is 11.2 Å². The predicted molar refractivity (Wildman–Crippen MR) is 129 cm³/mol. The van der Waals surface area contributed by atoms with Crippen LogP contribution in [0.2, 0.25) is 0 Å². The number of piperazine rings is 1. The molecule has 4 rings (SSSR count). The first-order chi connectivity index (χ1) is 15.7. The molecule has 1 atom stereocenters. The van der Waals surface area contributed by atoms with Crippen molar-refractivity contribution in [3.8, 4) is 5.75 Å². The molecule has 4 nitrogen and oxygen atoms in total. The van der Waals surface area contributed by atoms with E-state index in [1.54, 1.807) is 0 Å². The van der Waals surface area contributed by atoms with Gasteiger partial charge in [0.1, 0.15) is 5.75 Å². The number of para-hydroxylation sites is 1. The maximum atomic E-state index is 13.1. The van der Waals surface area contributed by atoms with Gasteiger partial charge in [0.05, 0.1) is 6.04 Å². The molecular weight excluding hydrogens is 396 g/mol. The SMILES string of the molecule is CCc1ccccc1OC(C)C(=O)N1CCN(C(c2ccccc2)c2ccccc2)CC1.